The molecule has 0 aliphatic rings. The summed E-state index contributed by atoms with van der Waals surface area (Å²) >= 11 is 0. The molecule has 0 aliphatic heterocycles. The van der Waals surface area contributed by atoms with E-state index in [1.165, 1.54) is 0 Å². The van der Waals surface area contributed by atoms with E-state index in [-0.39, 0.29) is 0 Å². The molecule has 4 heteroatoms. The first kappa shape index (κ1) is 8.31. The Labute approximate surface area is 51.0 Å². The normalized spacial score (nSPS) is 14.6. The van der Waals surface area contributed by atoms with Gasteiger partial charge < -0.3 is 5.73 Å². The highest BCUT2D eigenvalue weighted by Gasteiger charge is 2.35. The zero-order valence-corrected chi connectivity index (χ0v) is 4.57. The van der Waals surface area contributed by atoms with Gasteiger partial charge >= 0.3 is 6.18 Å². The molecule has 1 atom stereocenters. The Balaban J connectivity index is 3.76. The standard InChI is InChI=1S/C5H6F3N/c1-2-3-4(9)5(6,7)8/h1,4H,3,9H2. The Morgan fingerprint density at radius 1 is 1.56 bits per heavy atom. The van der Waals surface area contributed by atoms with E-state index in [1.54, 1.807) is 0 Å². The number of halogens is 3. The van der Waals surface area contributed by atoms with Gasteiger partial charge in [0, 0.05) is 6.42 Å². The van der Waals surface area contributed by atoms with E-state index < -0.39 is 18.6 Å². The minimum atomic E-state index is -4.35. The zero-order valence-electron chi connectivity index (χ0n) is 4.57. The molecule has 9 heavy (non-hydrogen) atoms. The number of hydrogen-bond donors (Lipinski definition) is 1. The monoisotopic (exact) mass is 137 g/mol. The SMILES string of the molecule is C#CCC(N)C(F)(F)F. The molecule has 0 aromatic rings. The summed E-state index contributed by atoms with van der Waals surface area (Å²) < 4.78 is 34.2. The predicted octanol–water partition coefficient (Wildman–Crippen LogP) is 0.899. The lowest BCUT2D eigenvalue weighted by Crippen LogP contribution is -2.36. The van der Waals surface area contributed by atoms with Crippen LogP contribution in [0, 0.1) is 12.3 Å². The Morgan fingerprint density at radius 2 is 2.00 bits per heavy atom. The number of terminal acetylenes is 1. The van der Waals surface area contributed by atoms with E-state index in [4.69, 9.17) is 0 Å². The lowest BCUT2D eigenvalue weighted by molar-refractivity contribution is -0.146. The smallest absolute Gasteiger partial charge is 0.319 e. The van der Waals surface area contributed by atoms with Crippen molar-refractivity contribution in [3.8, 4) is 12.3 Å². The van der Waals surface area contributed by atoms with Crippen LogP contribution in [-0.4, -0.2) is 12.2 Å². The van der Waals surface area contributed by atoms with Crippen molar-refractivity contribution < 1.29 is 13.2 Å². The van der Waals surface area contributed by atoms with Gasteiger partial charge in [-0.1, -0.05) is 0 Å². The first-order valence-electron chi connectivity index (χ1n) is 2.24. The van der Waals surface area contributed by atoms with Gasteiger partial charge in [0.15, 0.2) is 0 Å². The fourth-order valence-corrected chi connectivity index (χ4v) is 0.243. The van der Waals surface area contributed by atoms with E-state index in [0.29, 0.717) is 0 Å². The topological polar surface area (TPSA) is 26.0 Å². The van der Waals surface area contributed by atoms with Crippen LogP contribution in [0.15, 0.2) is 0 Å². The van der Waals surface area contributed by atoms with Crippen LogP contribution in [0.4, 0.5) is 13.2 Å². The molecule has 1 nitrogen and oxygen atoms in total. The Morgan fingerprint density at radius 3 is 2.11 bits per heavy atom. The molecule has 0 aliphatic carbocycles. The first-order chi connectivity index (χ1) is 3.98. The van der Waals surface area contributed by atoms with Crippen molar-refractivity contribution in [1.29, 1.82) is 0 Å². The van der Waals surface area contributed by atoms with Crippen LogP contribution in [0.5, 0.6) is 0 Å². The minimum absolute atomic E-state index is 0.455. The van der Waals surface area contributed by atoms with Crippen molar-refractivity contribution in [3.05, 3.63) is 0 Å². The van der Waals surface area contributed by atoms with Gasteiger partial charge in [-0.3, -0.25) is 0 Å². The Kier molecular flexibility index (Phi) is 2.53. The van der Waals surface area contributed by atoms with Gasteiger partial charge in [0.2, 0.25) is 0 Å². The van der Waals surface area contributed by atoms with E-state index >= 15 is 0 Å². The van der Waals surface area contributed by atoms with Gasteiger partial charge in [-0.2, -0.15) is 13.2 Å². The first-order valence-corrected chi connectivity index (χ1v) is 2.24. The molecule has 1 unspecified atom stereocenters. The highest BCUT2D eigenvalue weighted by atomic mass is 19.4. The molecule has 0 aromatic heterocycles. The summed E-state index contributed by atoms with van der Waals surface area (Å²) in [6.45, 7) is 0. The highest BCUT2D eigenvalue weighted by molar-refractivity contribution is 4.90. The summed E-state index contributed by atoms with van der Waals surface area (Å²) in [4.78, 5) is 0. The summed E-state index contributed by atoms with van der Waals surface area (Å²) in [7, 11) is 0. The van der Waals surface area contributed by atoms with Crippen molar-refractivity contribution in [2.45, 2.75) is 18.6 Å². The van der Waals surface area contributed by atoms with E-state index in [2.05, 4.69) is 12.2 Å². The molecule has 0 saturated carbocycles. The van der Waals surface area contributed by atoms with Gasteiger partial charge in [-0.05, 0) is 0 Å². The van der Waals surface area contributed by atoms with Crippen molar-refractivity contribution >= 4 is 0 Å². The molecular weight excluding hydrogens is 131 g/mol. The molecule has 52 valence electrons. The van der Waals surface area contributed by atoms with Crippen LogP contribution >= 0.6 is 0 Å². The maximum atomic E-state index is 11.4. The summed E-state index contributed by atoms with van der Waals surface area (Å²) in [6, 6.07) is -1.87. The minimum Gasteiger partial charge on any atom is -0.319 e. The lowest BCUT2D eigenvalue weighted by atomic mass is 10.2. The third-order valence-corrected chi connectivity index (χ3v) is 0.758. The number of alkyl halides is 3. The van der Waals surface area contributed by atoms with Crippen LogP contribution in [0.25, 0.3) is 0 Å². The number of rotatable bonds is 1. The molecule has 0 heterocycles. The average Bonchev–Trinajstić information content (AvgIpc) is 1.64. The fraction of sp³-hybridized carbons (Fsp3) is 0.600. The molecule has 0 amide bonds. The van der Waals surface area contributed by atoms with E-state index in [9.17, 15) is 13.2 Å². The van der Waals surface area contributed by atoms with Gasteiger partial charge in [-0.15, -0.1) is 12.3 Å². The second kappa shape index (κ2) is 2.74. The van der Waals surface area contributed by atoms with Crippen LogP contribution in [-0.2, 0) is 0 Å². The molecular formula is C5H6F3N. The second-order valence-electron chi connectivity index (χ2n) is 1.56. The molecule has 0 spiro atoms. The van der Waals surface area contributed by atoms with Gasteiger partial charge in [0.05, 0.1) is 0 Å². The van der Waals surface area contributed by atoms with Crippen molar-refractivity contribution in [2.24, 2.45) is 5.73 Å². The summed E-state index contributed by atoms with van der Waals surface area (Å²) in [5.74, 6) is 1.83. The predicted molar refractivity (Wildman–Crippen MR) is 27.5 cm³/mol. The van der Waals surface area contributed by atoms with E-state index in [0.717, 1.165) is 0 Å². The van der Waals surface area contributed by atoms with Crippen LogP contribution in [0.3, 0.4) is 0 Å². The molecule has 0 aromatic carbocycles. The second-order valence-corrected chi connectivity index (χ2v) is 1.56. The van der Waals surface area contributed by atoms with Gasteiger partial charge in [0.1, 0.15) is 6.04 Å². The molecule has 0 radical (unpaired) electrons. The van der Waals surface area contributed by atoms with Crippen LogP contribution < -0.4 is 5.73 Å². The molecule has 0 saturated heterocycles. The molecule has 0 bridgehead atoms. The summed E-state index contributed by atoms with van der Waals surface area (Å²) in [6.07, 6.45) is -0.214. The Bertz CT molecular complexity index is 121. The fourth-order valence-electron chi connectivity index (χ4n) is 0.243. The number of hydrogen-bond acceptors (Lipinski definition) is 1. The molecule has 0 rings (SSSR count). The van der Waals surface area contributed by atoms with Gasteiger partial charge in [-0.25, -0.2) is 0 Å². The molecule has 0 fully saturated rings. The number of nitrogens with two attached hydrogens (primary N) is 1. The molecule has 2 N–H and O–H groups in total. The quantitative estimate of drug-likeness (QED) is 0.534. The highest BCUT2D eigenvalue weighted by Crippen LogP contribution is 2.19. The van der Waals surface area contributed by atoms with Crippen LogP contribution in [0.2, 0.25) is 0 Å². The third kappa shape index (κ3) is 2.98. The van der Waals surface area contributed by atoms with E-state index in [1.807, 2.05) is 5.92 Å². The maximum absolute atomic E-state index is 11.4. The van der Waals surface area contributed by atoms with Crippen molar-refractivity contribution in [2.75, 3.05) is 0 Å². The van der Waals surface area contributed by atoms with Gasteiger partial charge in [0.25, 0.3) is 0 Å². The largest absolute Gasteiger partial charge is 0.404 e. The zero-order chi connectivity index (χ0) is 7.49. The van der Waals surface area contributed by atoms with Crippen molar-refractivity contribution in [1.82, 2.24) is 0 Å². The maximum Gasteiger partial charge on any atom is 0.404 e. The Hall–Kier alpha value is -0.690. The summed E-state index contributed by atoms with van der Waals surface area (Å²) in [5.41, 5.74) is 4.59. The summed E-state index contributed by atoms with van der Waals surface area (Å²) in [5, 5.41) is 0. The van der Waals surface area contributed by atoms with Crippen LogP contribution in [0.1, 0.15) is 6.42 Å². The lowest BCUT2D eigenvalue weighted by Gasteiger charge is -2.11. The third-order valence-electron chi connectivity index (χ3n) is 0.758. The average molecular weight is 137 g/mol. The van der Waals surface area contributed by atoms with Crippen molar-refractivity contribution in [3.63, 3.8) is 0 Å².